The molecule has 7 heteroatoms. The molecule has 1 amide bonds. The number of hydrogen-bond acceptors (Lipinski definition) is 5. The van der Waals surface area contributed by atoms with Gasteiger partial charge in [0.05, 0.1) is 17.9 Å². The minimum absolute atomic E-state index is 0.0558. The van der Waals surface area contributed by atoms with Crippen LogP contribution in [0.15, 0.2) is 48.5 Å². The Morgan fingerprint density at radius 1 is 0.969 bits per heavy atom. The van der Waals surface area contributed by atoms with Crippen molar-refractivity contribution in [2.24, 2.45) is 5.73 Å². The van der Waals surface area contributed by atoms with Gasteiger partial charge in [0.15, 0.2) is 0 Å². The number of ketones is 1. The summed E-state index contributed by atoms with van der Waals surface area (Å²) >= 11 is 0. The van der Waals surface area contributed by atoms with Gasteiger partial charge in [-0.15, -0.1) is 5.10 Å². The number of nitrogens with zero attached hydrogens (tertiary/aromatic N) is 4. The van der Waals surface area contributed by atoms with Crippen LogP contribution in [0, 0.1) is 0 Å². The number of aromatic nitrogens is 3. The summed E-state index contributed by atoms with van der Waals surface area (Å²) in [5.74, 6) is 0.217. The number of anilines is 1. The van der Waals surface area contributed by atoms with Crippen molar-refractivity contribution in [1.29, 1.82) is 0 Å². The van der Waals surface area contributed by atoms with Gasteiger partial charge in [0.2, 0.25) is 5.91 Å². The number of unbranched alkanes of at least 4 members (excludes halogenated alkanes) is 1. The summed E-state index contributed by atoms with van der Waals surface area (Å²) in [6, 6.07) is 16.0. The highest BCUT2D eigenvalue weighted by Gasteiger charge is 2.28. The Bertz CT molecular complexity index is 1120. The lowest BCUT2D eigenvalue weighted by molar-refractivity contribution is -0.120. The van der Waals surface area contributed by atoms with Gasteiger partial charge in [-0.3, -0.25) is 4.79 Å². The minimum Gasteiger partial charge on any atom is -0.330 e. The van der Waals surface area contributed by atoms with Crippen LogP contribution in [0.2, 0.25) is 0 Å². The molecule has 0 fully saturated rings. The smallest absolute Gasteiger partial charge is 0.227 e. The monoisotopic (exact) mass is 431 g/mol. The summed E-state index contributed by atoms with van der Waals surface area (Å²) in [4.78, 5) is 26.5. The van der Waals surface area contributed by atoms with Crippen LogP contribution >= 0.6 is 0 Å². The molecule has 4 rings (SSSR count). The van der Waals surface area contributed by atoms with Gasteiger partial charge in [-0.2, -0.15) is 0 Å². The van der Waals surface area contributed by atoms with Gasteiger partial charge in [0.25, 0.3) is 0 Å². The first kappa shape index (κ1) is 21.9. The van der Waals surface area contributed by atoms with Crippen molar-refractivity contribution in [3.63, 3.8) is 0 Å². The molecule has 32 heavy (non-hydrogen) atoms. The number of para-hydroxylation sites is 1. The third-order valence-corrected chi connectivity index (χ3v) is 5.83. The van der Waals surface area contributed by atoms with Crippen LogP contribution in [0.5, 0.6) is 0 Å². The number of fused-ring (bicyclic) bond motifs is 5. The summed E-state index contributed by atoms with van der Waals surface area (Å²) in [7, 11) is 0. The quantitative estimate of drug-likeness (QED) is 0.545. The van der Waals surface area contributed by atoms with Crippen molar-refractivity contribution in [1.82, 2.24) is 15.0 Å². The van der Waals surface area contributed by atoms with Crippen LogP contribution in [-0.2, 0) is 22.7 Å². The zero-order valence-electron chi connectivity index (χ0n) is 18.5. The summed E-state index contributed by atoms with van der Waals surface area (Å²) in [6.45, 7) is 3.28. The molecule has 1 aliphatic heterocycles. The third-order valence-electron chi connectivity index (χ3n) is 5.83. The SMILES string of the molecule is CC(=O)CCCCC(=O)N1Cc2ccccc2-c2nnn(CCCN)c2-c2ccccc21. The lowest BCUT2D eigenvalue weighted by Crippen LogP contribution is -2.31. The standard InChI is InChI=1S/C25H29N5O2/c1-18(31)9-2-7-14-23(32)29-17-19-10-3-4-11-20(19)24-25(21-12-5-6-13-22(21)29)30(28-27-24)16-8-15-26/h3-6,10-13H,2,7-9,14-17,26H2,1H3. The average molecular weight is 432 g/mol. The molecule has 0 atom stereocenters. The van der Waals surface area contributed by atoms with E-state index in [1.165, 1.54) is 0 Å². The fourth-order valence-electron chi connectivity index (χ4n) is 4.22. The van der Waals surface area contributed by atoms with E-state index in [0.29, 0.717) is 38.9 Å². The fourth-order valence-corrected chi connectivity index (χ4v) is 4.22. The molecule has 2 heterocycles. The van der Waals surface area contributed by atoms with E-state index in [9.17, 15) is 9.59 Å². The van der Waals surface area contributed by atoms with Crippen molar-refractivity contribution >= 4 is 17.4 Å². The Hall–Kier alpha value is -3.32. The van der Waals surface area contributed by atoms with Gasteiger partial charge < -0.3 is 15.4 Å². The van der Waals surface area contributed by atoms with Crippen molar-refractivity contribution in [3.05, 3.63) is 54.1 Å². The van der Waals surface area contributed by atoms with E-state index < -0.39 is 0 Å². The van der Waals surface area contributed by atoms with Crippen molar-refractivity contribution in [2.45, 2.75) is 52.1 Å². The van der Waals surface area contributed by atoms with Crippen LogP contribution in [0.1, 0.15) is 44.6 Å². The first-order valence-electron chi connectivity index (χ1n) is 11.2. The van der Waals surface area contributed by atoms with Gasteiger partial charge in [-0.1, -0.05) is 47.7 Å². The lowest BCUT2D eigenvalue weighted by atomic mass is 9.95. The predicted molar refractivity (Wildman–Crippen MR) is 125 cm³/mol. The topological polar surface area (TPSA) is 94.1 Å². The molecule has 2 N–H and O–H groups in total. The molecule has 0 unspecified atom stereocenters. The molecule has 7 nitrogen and oxygen atoms in total. The largest absolute Gasteiger partial charge is 0.330 e. The number of nitrogens with two attached hydrogens (primary N) is 1. The molecule has 0 saturated carbocycles. The summed E-state index contributed by atoms with van der Waals surface area (Å²) in [6.07, 6.45) is 3.13. The van der Waals surface area contributed by atoms with E-state index in [4.69, 9.17) is 5.73 Å². The third kappa shape index (κ3) is 4.48. The number of aryl methyl sites for hydroxylation is 1. The molecule has 0 bridgehead atoms. The highest BCUT2D eigenvalue weighted by molar-refractivity contribution is 6.00. The minimum atomic E-state index is 0.0558. The average Bonchev–Trinajstić information content (AvgIpc) is 3.21. The van der Waals surface area contributed by atoms with Gasteiger partial charge in [-0.05, 0) is 44.4 Å². The summed E-state index contributed by atoms with van der Waals surface area (Å²) < 4.78 is 1.90. The Morgan fingerprint density at radius 2 is 1.69 bits per heavy atom. The number of rotatable bonds is 8. The number of hydrogen-bond donors (Lipinski definition) is 1. The number of carbonyl (C=O) groups is 2. The molecule has 0 radical (unpaired) electrons. The van der Waals surface area contributed by atoms with Crippen molar-refractivity contribution < 1.29 is 9.59 Å². The fraction of sp³-hybridized carbons (Fsp3) is 0.360. The van der Waals surface area contributed by atoms with Crippen LogP contribution < -0.4 is 10.6 Å². The summed E-state index contributed by atoms with van der Waals surface area (Å²) in [5.41, 5.74) is 11.3. The Labute approximate surface area is 188 Å². The number of carbonyl (C=O) groups excluding carboxylic acids is 2. The molecule has 3 aromatic rings. The zero-order chi connectivity index (χ0) is 22.5. The van der Waals surface area contributed by atoms with E-state index >= 15 is 0 Å². The zero-order valence-corrected chi connectivity index (χ0v) is 18.5. The molecule has 1 aromatic heterocycles. The second-order valence-electron chi connectivity index (χ2n) is 8.22. The van der Waals surface area contributed by atoms with Gasteiger partial charge >= 0.3 is 0 Å². The van der Waals surface area contributed by atoms with Crippen molar-refractivity contribution in [2.75, 3.05) is 11.4 Å². The van der Waals surface area contributed by atoms with Crippen LogP contribution in [0.4, 0.5) is 5.69 Å². The molecule has 0 aliphatic carbocycles. The molecule has 0 spiro atoms. The highest BCUT2D eigenvalue weighted by atomic mass is 16.2. The summed E-state index contributed by atoms with van der Waals surface area (Å²) in [5, 5.41) is 8.97. The molecular formula is C25H29N5O2. The van der Waals surface area contributed by atoms with E-state index in [2.05, 4.69) is 10.3 Å². The Morgan fingerprint density at radius 3 is 2.47 bits per heavy atom. The van der Waals surface area contributed by atoms with Gasteiger partial charge in [-0.25, -0.2) is 4.68 Å². The Balaban J connectivity index is 1.78. The van der Waals surface area contributed by atoms with E-state index in [-0.39, 0.29) is 11.7 Å². The lowest BCUT2D eigenvalue weighted by Gasteiger charge is -2.29. The second-order valence-corrected chi connectivity index (χ2v) is 8.22. The van der Waals surface area contributed by atoms with E-state index in [0.717, 1.165) is 46.6 Å². The van der Waals surface area contributed by atoms with Crippen LogP contribution in [0.25, 0.3) is 22.5 Å². The highest BCUT2D eigenvalue weighted by Crippen LogP contribution is 2.41. The first-order valence-corrected chi connectivity index (χ1v) is 11.2. The molecule has 1 aliphatic rings. The van der Waals surface area contributed by atoms with E-state index in [1.54, 1.807) is 6.92 Å². The number of Topliss-reactive ketones (excluding diaryl/α,β-unsaturated/α-hetero) is 1. The van der Waals surface area contributed by atoms with Crippen LogP contribution in [-0.4, -0.2) is 33.2 Å². The Kier molecular flexibility index (Phi) is 6.75. The number of benzene rings is 2. The molecular weight excluding hydrogens is 402 g/mol. The normalized spacial score (nSPS) is 12.4. The molecule has 0 saturated heterocycles. The molecule has 166 valence electrons. The van der Waals surface area contributed by atoms with E-state index in [1.807, 2.05) is 58.1 Å². The number of amides is 1. The van der Waals surface area contributed by atoms with Crippen molar-refractivity contribution in [3.8, 4) is 22.5 Å². The maximum Gasteiger partial charge on any atom is 0.227 e. The first-order chi connectivity index (χ1) is 15.6. The second kappa shape index (κ2) is 9.87. The maximum absolute atomic E-state index is 13.4. The predicted octanol–water partition coefficient (Wildman–Crippen LogP) is 3.96. The van der Waals surface area contributed by atoms with Gasteiger partial charge in [0, 0.05) is 30.5 Å². The maximum atomic E-state index is 13.4. The van der Waals surface area contributed by atoms with Gasteiger partial charge in [0.1, 0.15) is 11.5 Å². The molecule has 2 aromatic carbocycles. The van der Waals surface area contributed by atoms with Crippen LogP contribution in [0.3, 0.4) is 0 Å².